The van der Waals surface area contributed by atoms with E-state index in [4.69, 9.17) is 4.74 Å². The molecule has 4 rings (SSSR count). The van der Waals surface area contributed by atoms with Crippen LogP contribution in [0.2, 0.25) is 0 Å². The van der Waals surface area contributed by atoms with Crippen molar-refractivity contribution in [3.63, 3.8) is 0 Å². The summed E-state index contributed by atoms with van der Waals surface area (Å²) in [7, 11) is -3.92. The van der Waals surface area contributed by atoms with E-state index in [1.165, 1.54) is 4.31 Å². The Labute approximate surface area is 199 Å². The number of anilines is 1. The van der Waals surface area contributed by atoms with Crippen LogP contribution in [0.1, 0.15) is 34.0 Å². The van der Waals surface area contributed by atoms with Crippen LogP contribution in [0.25, 0.3) is 0 Å². The number of benzene rings is 3. The highest BCUT2D eigenvalue weighted by Crippen LogP contribution is 2.30. The van der Waals surface area contributed by atoms with Gasteiger partial charge in [-0.25, -0.2) is 13.2 Å². The van der Waals surface area contributed by atoms with Gasteiger partial charge in [-0.05, 0) is 67.8 Å². The predicted molar refractivity (Wildman–Crippen MR) is 129 cm³/mol. The van der Waals surface area contributed by atoms with Gasteiger partial charge in [0.2, 0.25) is 15.9 Å². The number of aryl methyl sites for hydroxylation is 1. The molecule has 0 aliphatic carbocycles. The summed E-state index contributed by atoms with van der Waals surface area (Å²) >= 11 is 0. The van der Waals surface area contributed by atoms with Gasteiger partial charge in [0, 0.05) is 12.2 Å². The number of nitrogens with zero attached hydrogens (tertiary/aromatic N) is 1. The van der Waals surface area contributed by atoms with Crippen molar-refractivity contribution in [3.8, 4) is 0 Å². The SMILES string of the molecule is CCOC(=O)c1ccc(NC(=O)[C@H]2Cc3ccccc3CN2S(=O)(=O)c2ccc(C)cc2)cc1. The van der Waals surface area contributed by atoms with Crippen LogP contribution in [0, 0.1) is 6.92 Å². The maximum Gasteiger partial charge on any atom is 0.338 e. The fourth-order valence-corrected chi connectivity index (χ4v) is 5.52. The van der Waals surface area contributed by atoms with Gasteiger partial charge in [0.25, 0.3) is 0 Å². The van der Waals surface area contributed by atoms with Gasteiger partial charge in [-0.1, -0.05) is 42.0 Å². The second-order valence-electron chi connectivity index (χ2n) is 8.14. The molecular formula is C26H26N2O5S. The molecule has 34 heavy (non-hydrogen) atoms. The first kappa shape index (κ1) is 23.7. The van der Waals surface area contributed by atoms with Gasteiger partial charge >= 0.3 is 5.97 Å². The van der Waals surface area contributed by atoms with Crippen LogP contribution in [0.5, 0.6) is 0 Å². The Morgan fingerprint density at radius 1 is 0.971 bits per heavy atom. The molecule has 0 saturated heterocycles. The number of esters is 1. The van der Waals surface area contributed by atoms with Crippen molar-refractivity contribution >= 4 is 27.6 Å². The molecule has 176 valence electrons. The van der Waals surface area contributed by atoms with E-state index in [2.05, 4.69) is 5.32 Å². The van der Waals surface area contributed by atoms with E-state index in [0.717, 1.165) is 16.7 Å². The summed E-state index contributed by atoms with van der Waals surface area (Å²) < 4.78 is 33.3. The number of hydrogen-bond acceptors (Lipinski definition) is 5. The lowest BCUT2D eigenvalue weighted by molar-refractivity contribution is -0.120. The minimum absolute atomic E-state index is 0.103. The largest absolute Gasteiger partial charge is 0.462 e. The van der Waals surface area contributed by atoms with Crippen LogP contribution < -0.4 is 5.32 Å². The maximum absolute atomic E-state index is 13.6. The number of ether oxygens (including phenoxy) is 1. The molecule has 0 saturated carbocycles. The first-order chi connectivity index (χ1) is 16.3. The van der Waals surface area contributed by atoms with E-state index >= 15 is 0 Å². The van der Waals surface area contributed by atoms with Crippen molar-refractivity contribution in [1.29, 1.82) is 0 Å². The minimum atomic E-state index is -3.92. The van der Waals surface area contributed by atoms with Crippen molar-refractivity contribution in [1.82, 2.24) is 4.31 Å². The molecule has 0 radical (unpaired) electrons. The predicted octanol–water partition coefficient (Wildman–Crippen LogP) is 3.93. The number of hydrogen-bond donors (Lipinski definition) is 1. The van der Waals surface area contributed by atoms with Gasteiger partial charge in [0.05, 0.1) is 17.1 Å². The summed E-state index contributed by atoms with van der Waals surface area (Å²) in [5.74, 6) is -0.881. The number of amides is 1. The normalized spacial score (nSPS) is 15.9. The Balaban J connectivity index is 1.62. The first-order valence-electron chi connectivity index (χ1n) is 11.0. The van der Waals surface area contributed by atoms with Crippen LogP contribution in [0.4, 0.5) is 5.69 Å². The van der Waals surface area contributed by atoms with Crippen LogP contribution in [0.15, 0.2) is 77.7 Å². The standard InChI is InChI=1S/C26H26N2O5S/c1-3-33-26(30)19-10-12-22(13-11-19)27-25(29)24-16-20-6-4-5-7-21(20)17-28(24)34(31,32)23-14-8-18(2)9-15-23/h4-15,24H,3,16-17H2,1-2H3,(H,27,29)/t24-/m1/s1. The molecule has 0 fully saturated rings. The van der Waals surface area contributed by atoms with E-state index < -0.39 is 27.9 Å². The highest BCUT2D eigenvalue weighted by atomic mass is 32.2. The van der Waals surface area contributed by atoms with Crippen molar-refractivity contribution in [3.05, 3.63) is 95.1 Å². The number of rotatable bonds is 6. The Morgan fingerprint density at radius 2 is 1.62 bits per heavy atom. The van der Waals surface area contributed by atoms with E-state index in [-0.39, 0.29) is 24.5 Å². The summed E-state index contributed by atoms with van der Waals surface area (Å²) in [5.41, 5.74) is 3.60. The van der Waals surface area contributed by atoms with Gasteiger partial charge < -0.3 is 10.1 Å². The summed E-state index contributed by atoms with van der Waals surface area (Å²) in [6, 6.07) is 19.5. The lowest BCUT2D eigenvalue weighted by atomic mass is 9.95. The molecule has 7 nitrogen and oxygen atoms in total. The molecule has 1 atom stereocenters. The fraction of sp³-hybridized carbons (Fsp3) is 0.231. The number of sulfonamides is 1. The molecule has 0 unspecified atom stereocenters. The zero-order valence-corrected chi connectivity index (χ0v) is 19.8. The summed E-state index contributed by atoms with van der Waals surface area (Å²) in [6.07, 6.45) is 0.258. The summed E-state index contributed by atoms with van der Waals surface area (Å²) in [5, 5.41) is 2.81. The molecule has 1 aliphatic heterocycles. The molecule has 3 aromatic rings. The number of carbonyl (C=O) groups is 2. The first-order valence-corrected chi connectivity index (χ1v) is 12.5. The van der Waals surface area contributed by atoms with Crippen LogP contribution >= 0.6 is 0 Å². The van der Waals surface area contributed by atoms with Crippen LogP contribution in [-0.2, 0) is 32.5 Å². The molecular weight excluding hydrogens is 452 g/mol. The number of fused-ring (bicyclic) bond motifs is 1. The second kappa shape index (κ2) is 9.79. The Morgan fingerprint density at radius 3 is 2.26 bits per heavy atom. The zero-order valence-electron chi connectivity index (χ0n) is 19.0. The Bertz CT molecular complexity index is 1300. The van der Waals surface area contributed by atoms with Crippen molar-refractivity contribution < 1.29 is 22.7 Å². The Kier molecular flexibility index (Phi) is 6.81. The molecule has 1 amide bonds. The molecule has 1 aliphatic rings. The summed E-state index contributed by atoms with van der Waals surface area (Å²) in [4.78, 5) is 25.3. The van der Waals surface area contributed by atoms with Gasteiger partial charge in [0.15, 0.2) is 0 Å². The third-order valence-electron chi connectivity index (χ3n) is 5.80. The zero-order chi connectivity index (χ0) is 24.3. The summed E-state index contributed by atoms with van der Waals surface area (Å²) in [6.45, 7) is 3.99. The molecule has 0 bridgehead atoms. The lowest BCUT2D eigenvalue weighted by Crippen LogP contribution is -2.50. The Hall–Kier alpha value is -3.49. The quantitative estimate of drug-likeness (QED) is 0.542. The number of nitrogens with one attached hydrogen (secondary N) is 1. The molecule has 0 spiro atoms. The second-order valence-corrected chi connectivity index (χ2v) is 10.0. The van der Waals surface area contributed by atoms with E-state index in [1.807, 2.05) is 31.2 Å². The molecule has 3 aromatic carbocycles. The highest BCUT2D eigenvalue weighted by molar-refractivity contribution is 7.89. The topological polar surface area (TPSA) is 92.8 Å². The van der Waals surface area contributed by atoms with E-state index in [9.17, 15) is 18.0 Å². The van der Waals surface area contributed by atoms with Crippen molar-refractivity contribution in [2.24, 2.45) is 0 Å². The maximum atomic E-state index is 13.6. The average Bonchev–Trinajstić information content (AvgIpc) is 2.84. The van der Waals surface area contributed by atoms with Crippen molar-refractivity contribution in [2.75, 3.05) is 11.9 Å². The molecule has 0 aromatic heterocycles. The smallest absolute Gasteiger partial charge is 0.338 e. The molecule has 8 heteroatoms. The van der Waals surface area contributed by atoms with Gasteiger partial charge in [0.1, 0.15) is 6.04 Å². The van der Waals surface area contributed by atoms with Gasteiger partial charge in [-0.15, -0.1) is 0 Å². The third kappa shape index (κ3) is 4.88. The minimum Gasteiger partial charge on any atom is -0.462 e. The van der Waals surface area contributed by atoms with Gasteiger partial charge in [-0.2, -0.15) is 4.31 Å². The molecule has 1 N–H and O–H groups in total. The number of carbonyl (C=O) groups excluding carboxylic acids is 2. The van der Waals surface area contributed by atoms with Crippen LogP contribution in [-0.4, -0.2) is 37.2 Å². The fourth-order valence-electron chi connectivity index (χ4n) is 3.95. The van der Waals surface area contributed by atoms with E-state index in [1.54, 1.807) is 55.5 Å². The van der Waals surface area contributed by atoms with Gasteiger partial charge in [-0.3, -0.25) is 4.79 Å². The highest BCUT2D eigenvalue weighted by Gasteiger charge is 2.39. The third-order valence-corrected chi connectivity index (χ3v) is 7.67. The van der Waals surface area contributed by atoms with E-state index in [0.29, 0.717) is 11.3 Å². The van der Waals surface area contributed by atoms with Crippen LogP contribution in [0.3, 0.4) is 0 Å². The lowest BCUT2D eigenvalue weighted by Gasteiger charge is -2.35. The monoisotopic (exact) mass is 478 g/mol. The molecule has 1 heterocycles. The average molecular weight is 479 g/mol. The van der Waals surface area contributed by atoms with Crippen molar-refractivity contribution in [2.45, 2.75) is 37.8 Å².